The van der Waals surface area contributed by atoms with E-state index in [1.54, 1.807) is 24.4 Å². The van der Waals surface area contributed by atoms with Gasteiger partial charge in [-0.25, -0.2) is 0 Å². The van der Waals surface area contributed by atoms with Crippen molar-refractivity contribution in [1.29, 1.82) is 0 Å². The monoisotopic (exact) mass is 398 g/mol. The zero-order valence-corrected chi connectivity index (χ0v) is 16.5. The highest BCUT2D eigenvalue weighted by atomic mass is 16.3. The van der Waals surface area contributed by atoms with Crippen LogP contribution in [-0.2, 0) is 27.3 Å². The van der Waals surface area contributed by atoms with Gasteiger partial charge in [-0.05, 0) is 38.0 Å². The predicted molar refractivity (Wildman–Crippen MR) is 107 cm³/mol. The lowest BCUT2D eigenvalue weighted by atomic mass is 9.90. The third-order valence-corrected chi connectivity index (χ3v) is 4.62. The van der Waals surface area contributed by atoms with Crippen molar-refractivity contribution in [3.63, 3.8) is 0 Å². The third-order valence-electron chi connectivity index (χ3n) is 4.62. The van der Waals surface area contributed by atoms with Crippen LogP contribution in [0.25, 0.3) is 0 Å². The summed E-state index contributed by atoms with van der Waals surface area (Å²) in [6.07, 6.45) is 0.258. The van der Waals surface area contributed by atoms with Gasteiger partial charge in [-0.15, -0.1) is 0 Å². The van der Waals surface area contributed by atoms with Gasteiger partial charge >= 0.3 is 0 Å². The number of aliphatic hydroxyl groups is 1. The number of aromatic nitrogens is 1. The molecule has 0 aliphatic carbocycles. The van der Waals surface area contributed by atoms with Crippen LogP contribution in [0, 0.1) is 5.41 Å². The number of rotatable bonds is 9. The molecular weight excluding hydrogens is 372 g/mol. The number of aliphatic hydroxyl groups excluding tert-OH is 1. The van der Waals surface area contributed by atoms with Gasteiger partial charge in [0.05, 0.1) is 18.3 Å². The fourth-order valence-corrected chi connectivity index (χ4v) is 2.54. The number of carbonyl (C=O) groups is 3. The van der Waals surface area contributed by atoms with E-state index in [-0.39, 0.29) is 13.0 Å². The molecule has 0 saturated carbocycles. The van der Waals surface area contributed by atoms with Gasteiger partial charge < -0.3 is 21.5 Å². The van der Waals surface area contributed by atoms with Gasteiger partial charge in [0.25, 0.3) is 5.91 Å². The maximum Gasteiger partial charge on any atom is 0.251 e. The van der Waals surface area contributed by atoms with Crippen LogP contribution in [-0.4, -0.2) is 40.0 Å². The SMILES string of the molecule is CC(C)(C(N)=O)C(=O)N[C@H](Cc1ccccc1)[C@H](O)C(=O)NCc1ccccn1. The lowest BCUT2D eigenvalue weighted by molar-refractivity contribution is -0.141. The van der Waals surface area contributed by atoms with E-state index < -0.39 is 35.3 Å². The number of primary amides is 1. The van der Waals surface area contributed by atoms with Gasteiger partial charge in [-0.2, -0.15) is 0 Å². The first-order valence-corrected chi connectivity index (χ1v) is 9.22. The second-order valence-electron chi connectivity index (χ2n) is 7.24. The molecular formula is C21H26N4O4. The molecule has 2 aromatic rings. The zero-order chi connectivity index (χ0) is 21.4. The van der Waals surface area contributed by atoms with Gasteiger partial charge in [-0.1, -0.05) is 36.4 Å². The van der Waals surface area contributed by atoms with Gasteiger partial charge in [0.15, 0.2) is 6.10 Å². The lowest BCUT2D eigenvalue weighted by Crippen LogP contribution is -2.56. The molecule has 2 atom stereocenters. The largest absolute Gasteiger partial charge is 0.381 e. The van der Waals surface area contributed by atoms with Gasteiger partial charge in [-0.3, -0.25) is 19.4 Å². The molecule has 0 saturated heterocycles. The Morgan fingerprint density at radius 2 is 1.76 bits per heavy atom. The van der Waals surface area contributed by atoms with Gasteiger partial charge in [0, 0.05) is 6.20 Å². The van der Waals surface area contributed by atoms with Crippen LogP contribution in [0.15, 0.2) is 54.7 Å². The summed E-state index contributed by atoms with van der Waals surface area (Å²) in [5, 5.41) is 15.8. The summed E-state index contributed by atoms with van der Waals surface area (Å²) in [5.41, 5.74) is 5.25. The number of nitrogens with one attached hydrogen (secondary N) is 2. The van der Waals surface area contributed by atoms with Crippen LogP contribution in [0.3, 0.4) is 0 Å². The Morgan fingerprint density at radius 1 is 1.10 bits per heavy atom. The molecule has 3 amide bonds. The Morgan fingerprint density at radius 3 is 2.34 bits per heavy atom. The van der Waals surface area contributed by atoms with Crippen LogP contribution in [0.4, 0.5) is 0 Å². The summed E-state index contributed by atoms with van der Waals surface area (Å²) < 4.78 is 0. The first-order valence-electron chi connectivity index (χ1n) is 9.22. The van der Waals surface area contributed by atoms with E-state index in [1.165, 1.54) is 13.8 Å². The van der Waals surface area contributed by atoms with E-state index in [1.807, 2.05) is 30.3 Å². The molecule has 0 aliphatic rings. The van der Waals surface area contributed by atoms with Crippen molar-refractivity contribution in [3.8, 4) is 0 Å². The molecule has 8 heteroatoms. The number of hydrogen-bond donors (Lipinski definition) is 4. The Balaban J connectivity index is 2.13. The summed E-state index contributed by atoms with van der Waals surface area (Å²) in [4.78, 5) is 40.7. The Hall–Kier alpha value is -3.26. The quantitative estimate of drug-likeness (QED) is 0.451. The van der Waals surface area contributed by atoms with E-state index in [9.17, 15) is 19.5 Å². The second kappa shape index (κ2) is 9.79. The van der Waals surface area contributed by atoms with E-state index in [2.05, 4.69) is 15.6 Å². The van der Waals surface area contributed by atoms with E-state index in [4.69, 9.17) is 5.73 Å². The molecule has 8 nitrogen and oxygen atoms in total. The van der Waals surface area contributed by atoms with Crippen molar-refractivity contribution in [2.45, 2.75) is 39.0 Å². The number of nitrogens with two attached hydrogens (primary N) is 1. The average molecular weight is 398 g/mol. The molecule has 0 unspecified atom stereocenters. The molecule has 5 N–H and O–H groups in total. The highest BCUT2D eigenvalue weighted by Gasteiger charge is 2.37. The fraction of sp³-hybridized carbons (Fsp3) is 0.333. The van der Waals surface area contributed by atoms with Crippen molar-refractivity contribution < 1.29 is 19.5 Å². The highest BCUT2D eigenvalue weighted by Crippen LogP contribution is 2.16. The smallest absolute Gasteiger partial charge is 0.251 e. The minimum atomic E-state index is -1.54. The number of hydrogen-bond acceptors (Lipinski definition) is 5. The van der Waals surface area contributed by atoms with Crippen molar-refractivity contribution in [2.24, 2.45) is 11.1 Å². The Bertz CT molecular complexity index is 840. The fourth-order valence-electron chi connectivity index (χ4n) is 2.54. The molecule has 1 heterocycles. The van der Waals surface area contributed by atoms with Gasteiger partial charge in [0.1, 0.15) is 5.41 Å². The lowest BCUT2D eigenvalue weighted by Gasteiger charge is -2.28. The molecule has 0 bridgehead atoms. The minimum Gasteiger partial charge on any atom is -0.381 e. The zero-order valence-electron chi connectivity index (χ0n) is 16.5. The van der Waals surface area contributed by atoms with Crippen LogP contribution in [0.1, 0.15) is 25.1 Å². The highest BCUT2D eigenvalue weighted by molar-refractivity contribution is 6.03. The summed E-state index contributed by atoms with van der Waals surface area (Å²) in [7, 11) is 0. The molecule has 2 rings (SSSR count). The Kier molecular flexibility index (Phi) is 7.44. The first-order chi connectivity index (χ1) is 13.7. The molecule has 29 heavy (non-hydrogen) atoms. The normalized spacial score (nSPS) is 13.2. The molecule has 0 spiro atoms. The molecule has 1 aromatic heterocycles. The van der Waals surface area contributed by atoms with Crippen molar-refractivity contribution in [3.05, 3.63) is 66.0 Å². The molecule has 0 aliphatic heterocycles. The maximum atomic E-state index is 12.5. The topological polar surface area (TPSA) is 134 Å². The van der Waals surface area contributed by atoms with E-state index in [0.29, 0.717) is 5.69 Å². The van der Waals surface area contributed by atoms with E-state index in [0.717, 1.165) is 5.56 Å². The van der Waals surface area contributed by atoms with Crippen molar-refractivity contribution in [2.75, 3.05) is 0 Å². The van der Waals surface area contributed by atoms with Crippen LogP contribution < -0.4 is 16.4 Å². The minimum absolute atomic E-state index is 0.134. The predicted octanol–water partition coefficient (Wildman–Crippen LogP) is 0.298. The van der Waals surface area contributed by atoms with Crippen LogP contribution in [0.5, 0.6) is 0 Å². The molecule has 154 valence electrons. The number of benzene rings is 1. The molecule has 0 fully saturated rings. The number of nitrogens with zero attached hydrogens (tertiary/aromatic N) is 1. The van der Waals surface area contributed by atoms with Crippen molar-refractivity contribution >= 4 is 17.7 Å². The van der Waals surface area contributed by atoms with E-state index >= 15 is 0 Å². The molecule has 0 radical (unpaired) electrons. The maximum absolute atomic E-state index is 12.5. The number of amides is 3. The number of carbonyl (C=O) groups excluding carboxylic acids is 3. The first kappa shape index (κ1) is 22.0. The van der Waals surface area contributed by atoms with Crippen LogP contribution in [0.2, 0.25) is 0 Å². The average Bonchev–Trinajstić information content (AvgIpc) is 2.72. The molecule has 1 aromatic carbocycles. The van der Waals surface area contributed by atoms with Crippen molar-refractivity contribution in [1.82, 2.24) is 15.6 Å². The second-order valence-corrected chi connectivity index (χ2v) is 7.24. The summed E-state index contributed by atoms with van der Waals surface area (Å²) in [6, 6.07) is 13.4. The summed E-state index contributed by atoms with van der Waals surface area (Å²) in [6.45, 7) is 2.91. The van der Waals surface area contributed by atoms with Crippen LogP contribution >= 0.6 is 0 Å². The summed E-state index contributed by atoms with van der Waals surface area (Å²) in [5.74, 6) is -2.13. The Labute approximate surface area is 169 Å². The number of pyridine rings is 1. The third kappa shape index (κ3) is 6.11. The standard InChI is InChI=1S/C21H26N4O4/c1-21(2,19(22)28)20(29)25-16(12-14-8-4-3-5-9-14)17(26)18(27)24-13-15-10-6-7-11-23-15/h3-11,16-17,26H,12-13H2,1-2H3,(H2,22,28)(H,24,27)(H,25,29)/t16-,17+/m1/s1. The van der Waals surface area contributed by atoms with Gasteiger partial charge in [0.2, 0.25) is 11.8 Å². The summed E-state index contributed by atoms with van der Waals surface area (Å²) >= 11 is 0.